The molecule has 15 heavy (non-hydrogen) atoms. The second-order valence-corrected chi connectivity index (χ2v) is 3.25. The Kier molecular flexibility index (Phi) is 4.65. The Balaban J connectivity index is 2.74. The van der Waals surface area contributed by atoms with E-state index in [4.69, 9.17) is 10.5 Å². The number of nitrogens with two attached hydrogens (primary N) is 1. The van der Waals surface area contributed by atoms with Crippen LogP contribution in [0.1, 0.15) is 25.8 Å². The lowest BCUT2D eigenvalue weighted by molar-refractivity contribution is 0.216. The van der Waals surface area contributed by atoms with Gasteiger partial charge in [0, 0.05) is 11.8 Å². The molecule has 1 aromatic heterocycles. The van der Waals surface area contributed by atoms with Gasteiger partial charge in [-0.1, -0.05) is 18.8 Å². The minimum Gasteiger partial charge on any atom is -0.489 e. The molecule has 1 aromatic rings. The van der Waals surface area contributed by atoms with E-state index in [1.165, 1.54) is 0 Å². The van der Waals surface area contributed by atoms with Crippen molar-refractivity contribution in [2.75, 3.05) is 6.54 Å². The zero-order chi connectivity index (χ0) is 11.1. The summed E-state index contributed by atoms with van der Waals surface area (Å²) in [4.78, 5) is 4.06. The second kappa shape index (κ2) is 6.05. The first-order chi connectivity index (χ1) is 7.26. The van der Waals surface area contributed by atoms with E-state index in [9.17, 15) is 0 Å². The van der Waals surface area contributed by atoms with Crippen molar-refractivity contribution < 1.29 is 4.74 Å². The average Bonchev–Trinajstić information content (AvgIpc) is 2.26. The van der Waals surface area contributed by atoms with Crippen molar-refractivity contribution in [3.05, 3.63) is 24.0 Å². The molecule has 3 nitrogen and oxygen atoms in total. The van der Waals surface area contributed by atoms with Gasteiger partial charge in [0.2, 0.25) is 0 Å². The SMILES string of the molecule is CCC(C)Oc1cncc(C#CCN)c1. The predicted molar refractivity (Wildman–Crippen MR) is 60.6 cm³/mol. The molecule has 1 atom stereocenters. The molecule has 0 amide bonds. The average molecular weight is 204 g/mol. The Bertz CT molecular complexity index is 365. The van der Waals surface area contributed by atoms with Gasteiger partial charge in [0.05, 0.1) is 18.8 Å². The molecule has 80 valence electrons. The van der Waals surface area contributed by atoms with Crippen LogP contribution in [0.15, 0.2) is 18.5 Å². The van der Waals surface area contributed by atoms with Gasteiger partial charge in [-0.25, -0.2) is 0 Å². The highest BCUT2D eigenvalue weighted by Crippen LogP contribution is 2.13. The van der Waals surface area contributed by atoms with Crippen molar-refractivity contribution in [1.82, 2.24) is 4.98 Å². The number of aromatic nitrogens is 1. The van der Waals surface area contributed by atoms with Gasteiger partial charge in [0.1, 0.15) is 5.75 Å². The highest BCUT2D eigenvalue weighted by molar-refractivity contribution is 5.36. The number of nitrogens with zero attached hydrogens (tertiary/aromatic N) is 1. The van der Waals surface area contributed by atoms with Gasteiger partial charge in [-0.15, -0.1) is 0 Å². The Hall–Kier alpha value is -1.53. The van der Waals surface area contributed by atoms with E-state index in [0.717, 1.165) is 17.7 Å². The molecule has 0 aliphatic heterocycles. The Morgan fingerprint density at radius 2 is 2.33 bits per heavy atom. The van der Waals surface area contributed by atoms with Crippen LogP contribution in [0, 0.1) is 11.8 Å². The van der Waals surface area contributed by atoms with Crippen LogP contribution in [0.3, 0.4) is 0 Å². The first kappa shape index (κ1) is 11.5. The van der Waals surface area contributed by atoms with E-state index in [0.29, 0.717) is 6.54 Å². The number of hydrogen-bond donors (Lipinski definition) is 1. The molecule has 0 aliphatic rings. The summed E-state index contributed by atoms with van der Waals surface area (Å²) in [5, 5.41) is 0. The summed E-state index contributed by atoms with van der Waals surface area (Å²) in [6, 6.07) is 1.88. The quantitative estimate of drug-likeness (QED) is 0.760. The lowest BCUT2D eigenvalue weighted by atomic mass is 10.2. The van der Waals surface area contributed by atoms with Crippen molar-refractivity contribution in [2.45, 2.75) is 26.4 Å². The molecular weight excluding hydrogens is 188 g/mol. The Labute approximate surface area is 90.7 Å². The highest BCUT2D eigenvalue weighted by atomic mass is 16.5. The van der Waals surface area contributed by atoms with E-state index in [-0.39, 0.29) is 6.10 Å². The van der Waals surface area contributed by atoms with E-state index in [1.54, 1.807) is 12.4 Å². The Morgan fingerprint density at radius 3 is 3.00 bits per heavy atom. The van der Waals surface area contributed by atoms with Crippen LogP contribution in [-0.4, -0.2) is 17.6 Å². The fourth-order valence-electron chi connectivity index (χ4n) is 1.02. The van der Waals surface area contributed by atoms with Gasteiger partial charge in [-0.05, 0) is 19.4 Å². The molecule has 0 saturated heterocycles. The zero-order valence-corrected chi connectivity index (χ0v) is 9.16. The van der Waals surface area contributed by atoms with E-state index >= 15 is 0 Å². The Morgan fingerprint density at radius 1 is 1.53 bits per heavy atom. The molecule has 3 heteroatoms. The summed E-state index contributed by atoms with van der Waals surface area (Å²) in [5.41, 5.74) is 6.13. The van der Waals surface area contributed by atoms with Crippen molar-refractivity contribution in [3.8, 4) is 17.6 Å². The molecule has 0 spiro atoms. The zero-order valence-electron chi connectivity index (χ0n) is 9.16. The second-order valence-electron chi connectivity index (χ2n) is 3.25. The lowest BCUT2D eigenvalue weighted by Gasteiger charge is -2.11. The molecule has 0 radical (unpaired) electrons. The normalized spacial score (nSPS) is 11.4. The maximum Gasteiger partial charge on any atom is 0.139 e. The van der Waals surface area contributed by atoms with Crippen LogP contribution in [0.4, 0.5) is 0 Å². The third-order valence-corrected chi connectivity index (χ3v) is 1.96. The lowest BCUT2D eigenvalue weighted by Crippen LogP contribution is -2.09. The fourth-order valence-corrected chi connectivity index (χ4v) is 1.02. The van der Waals surface area contributed by atoms with Crippen LogP contribution in [0.5, 0.6) is 5.75 Å². The van der Waals surface area contributed by atoms with E-state index < -0.39 is 0 Å². The third-order valence-electron chi connectivity index (χ3n) is 1.96. The molecule has 1 heterocycles. The first-order valence-electron chi connectivity index (χ1n) is 5.07. The van der Waals surface area contributed by atoms with E-state index in [2.05, 4.69) is 23.7 Å². The standard InChI is InChI=1S/C12H16N2O/c1-3-10(2)15-12-7-11(5-4-6-13)8-14-9-12/h7-10H,3,6,13H2,1-2H3. The molecule has 2 N–H and O–H groups in total. The van der Waals surface area contributed by atoms with Gasteiger partial charge < -0.3 is 10.5 Å². The topological polar surface area (TPSA) is 48.1 Å². The van der Waals surface area contributed by atoms with Gasteiger partial charge in [-0.3, -0.25) is 4.98 Å². The van der Waals surface area contributed by atoms with Crippen molar-refractivity contribution in [2.24, 2.45) is 5.73 Å². The summed E-state index contributed by atoms with van der Waals surface area (Å²) >= 11 is 0. The largest absolute Gasteiger partial charge is 0.489 e. The third kappa shape index (κ3) is 4.01. The number of hydrogen-bond acceptors (Lipinski definition) is 3. The highest BCUT2D eigenvalue weighted by Gasteiger charge is 2.01. The smallest absolute Gasteiger partial charge is 0.139 e. The predicted octanol–water partition coefficient (Wildman–Crippen LogP) is 1.57. The molecule has 0 saturated carbocycles. The molecular formula is C12H16N2O. The van der Waals surface area contributed by atoms with Gasteiger partial charge in [0.25, 0.3) is 0 Å². The summed E-state index contributed by atoms with van der Waals surface area (Å²) in [6.45, 7) is 4.46. The summed E-state index contributed by atoms with van der Waals surface area (Å²) in [5.74, 6) is 6.46. The molecule has 0 fully saturated rings. The molecule has 1 rings (SSSR count). The minimum atomic E-state index is 0.199. The molecule has 1 unspecified atom stereocenters. The number of ether oxygens (including phenoxy) is 1. The monoisotopic (exact) mass is 204 g/mol. The van der Waals surface area contributed by atoms with Crippen LogP contribution < -0.4 is 10.5 Å². The molecule has 0 bridgehead atoms. The van der Waals surface area contributed by atoms with Crippen LogP contribution in [0.25, 0.3) is 0 Å². The maximum atomic E-state index is 5.62. The van der Waals surface area contributed by atoms with Crippen LogP contribution >= 0.6 is 0 Å². The van der Waals surface area contributed by atoms with Gasteiger partial charge in [0.15, 0.2) is 0 Å². The number of rotatable bonds is 3. The van der Waals surface area contributed by atoms with Crippen LogP contribution in [0.2, 0.25) is 0 Å². The van der Waals surface area contributed by atoms with Crippen molar-refractivity contribution in [1.29, 1.82) is 0 Å². The summed E-state index contributed by atoms with van der Waals surface area (Å²) in [7, 11) is 0. The van der Waals surface area contributed by atoms with Crippen LogP contribution in [-0.2, 0) is 0 Å². The summed E-state index contributed by atoms with van der Waals surface area (Å²) in [6.07, 6.45) is 4.56. The van der Waals surface area contributed by atoms with Crippen molar-refractivity contribution in [3.63, 3.8) is 0 Å². The van der Waals surface area contributed by atoms with Gasteiger partial charge >= 0.3 is 0 Å². The minimum absolute atomic E-state index is 0.199. The summed E-state index contributed by atoms with van der Waals surface area (Å²) < 4.78 is 5.62. The maximum absolute atomic E-state index is 5.62. The molecule has 0 aliphatic carbocycles. The number of pyridine rings is 1. The first-order valence-corrected chi connectivity index (χ1v) is 5.07. The van der Waals surface area contributed by atoms with E-state index in [1.807, 2.05) is 13.0 Å². The molecule has 0 aromatic carbocycles. The fraction of sp³-hybridized carbons (Fsp3) is 0.417. The van der Waals surface area contributed by atoms with Crippen molar-refractivity contribution >= 4 is 0 Å². The van der Waals surface area contributed by atoms with Gasteiger partial charge in [-0.2, -0.15) is 0 Å².